The number of halogens is 3. The van der Waals surface area contributed by atoms with Gasteiger partial charge in [0.15, 0.2) is 0 Å². The van der Waals surface area contributed by atoms with Crippen LogP contribution in [0, 0.1) is 0 Å². The standard InChI is InChI=1S/C4H3BF3N2.K/c6-5(7,8)4-1-9-3-10-2-4;/h1-3H;/q-1;+1. The first-order chi connectivity index (χ1) is 4.61. The van der Waals surface area contributed by atoms with E-state index < -0.39 is 12.4 Å². The van der Waals surface area contributed by atoms with Crippen LogP contribution in [0.4, 0.5) is 12.9 Å². The van der Waals surface area contributed by atoms with Gasteiger partial charge in [-0.3, -0.25) is 0 Å². The molecule has 0 unspecified atom stereocenters. The SMILES string of the molecule is F[B-](F)(F)c1cncnc1.[K+]. The first kappa shape index (κ1) is 11.6. The molecule has 11 heavy (non-hydrogen) atoms. The van der Waals surface area contributed by atoms with Crippen molar-refractivity contribution in [3.8, 4) is 0 Å². The quantitative estimate of drug-likeness (QED) is 0.454. The van der Waals surface area contributed by atoms with Gasteiger partial charge in [0, 0.05) is 12.4 Å². The van der Waals surface area contributed by atoms with Gasteiger partial charge in [-0.25, -0.2) is 9.97 Å². The van der Waals surface area contributed by atoms with Gasteiger partial charge in [-0.2, -0.15) is 0 Å². The molecule has 54 valence electrons. The molecule has 1 aromatic rings. The third-order valence-corrected chi connectivity index (χ3v) is 0.959. The Morgan fingerprint density at radius 2 is 1.55 bits per heavy atom. The average molecular weight is 186 g/mol. The molecular formula is C4H3BF3KN2. The van der Waals surface area contributed by atoms with E-state index in [1.807, 2.05) is 0 Å². The van der Waals surface area contributed by atoms with E-state index in [-0.39, 0.29) is 51.4 Å². The molecule has 1 rings (SSSR count). The van der Waals surface area contributed by atoms with E-state index in [1.54, 1.807) is 0 Å². The molecule has 0 aliphatic carbocycles. The van der Waals surface area contributed by atoms with Crippen molar-refractivity contribution in [3.05, 3.63) is 18.7 Å². The van der Waals surface area contributed by atoms with Crippen molar-refractivity contribution in [3.63, 3.8) is 0 Å². The van der Waals surface area contributed by atoms with Crippen molar-refractivity contribution >= 4 is 12.4 Å². The minimum Gasteiger partial charge on any atom is -0.445 e. The van der Waals surface area contributed by atoms with Crippen molar-refractivity contribution < 1.29 is 64.3 Å². The zero-order valence-corrected chi connectivity index (χ0v) is 8.96. The van der Waals surface area contributed by atoms with Crippen LogP contribution in [0.5, 0.6) is 0 Å². The van der Waals surface area contributed by atoms with E-state index in [2.05, 4.69) is 9.97 Å². The molecule has 0 aliphatic heterocycles. The van der Waals surface area contributed by atoms with E-state index in [0.29, 0.717) is 0 Å². The average Bonchev–Trinajstić information content (AvgIpc) is 1.88. The van der Waals surface area contributed by atoms with Crippen molar-refractivity contribution in [2.24, 2.45) is 0 Å². The molecule has 0 spiro atoms. The molecule has 0 saturated heterocycles. The van der Waals surface area contributed by atoms with E-state index in [1.165, 1.54) is 0 Å². The van der Waals surface area contributed by atoms with Crippen LogP contribution in [-0.2, 0) is 0 Å². The second-order valence-corrected chi connectivity index (χ2v) is 1.75. The Labute approximate surface area is 104 Å². The summed E-state index contributed by atoms with van der Waals surface area (Å²) in [6.07, 6.45) is 2.57. The minimum atomic E-state index is -4.93. The molecule has 7 heteroatoms. The van der Waals surface area contributed by atoms with E-state index >= 15 is 0 Å². The second-order valence-electron chi connectivity index (χ2n) is 1.75. The Hall–Kier alpha value is 0.571. The van der Waals surface area contributed by atoms with Crippen molar-refractivity contribution in [2.75, 3.05) is 0 Å². The summed E-state index contributed by atoms with van der Waals surface area (Å²) in [5, 5.41) is 0. The maximum Gasteiger partial charge on any atom is 1.00 e. The molecule has 0 atom stereocenters. The normalized spacial score (nSPS) is 10.5. The zero-order chi connectivity index (χ0) is 7.61. The van der Waals surface area contributed by atoms with Crippen LogP contribution in [0.1, 0.15) is 0 Å². The molecule has 0 amide bonds. The van der Waals surface area contributed by atoms with E-state index in [4.69, 9.17) is 0 Å². The fraction of sp³-hybridized carbons (Fsp3) is 0. The number of rotatable bonds is 1. The van der Waals surface area contributed by atoms with Gasteiger partial charge in [0.1, 0.15) is 6.33 Å². The Morgan fingerprint density at radius 3 is 1.82 bits per heavy atom. The third-order valence-electron chi connectivity index (χ3n) is 0.959. The predicted octanol–water partition coefficient (Wildman–Crippen LogP) is -2.46. The summed E-state index contributed by atoms with van der Waals surface area (Å²) in [5.41, 5.74) is -0.762. The summed E-state index contributed by atoms with van der Waals surface area (Å²) in [6.45, 7) is -4.93. The van der Waals surface area contributed by atoms with Gasteiger partial charge < -0.3 is 12.9 Å². The fourth-order valence-corrected chi connectivity index (χ4v) is 0.480. The van der Waals surface area contributed by atoms with E-state index in [9.17, 15) is 12.9 Å². The molecule has 0 saturated carbocycles. The summed E-state index contributed by atoms with van der Waals surface area (Å²) in [4.78, 5) is 6.47. The minimum absolute atomic E-state index is 0. The van der Waals surface area contributed by atoms with Crippen LogP contribution in [0.25, 0.3) is 0 Å². The molecule has 0 fully saturated rings. The molecule has 0 aliphatic rings. The summed E-state index contributed by atoms with van der Waals surface area (Å²) in [5.74, 6) is 0. The third kappa shape index (κ3) is 3.66. The molecule has 0 N–H and O–H groups in total. The maximum absolute atomic E-state index is 11.8. The number of aromatic nitrogens is 2. The van der Waals surface area contributed by atoms with Gasteiger partial charge in [-0.05, 0) is 0 Å². The van der Waals surface area contributed by atoms with Crippen LogP contribution in [0.2, 0.25) is 0 Å². The topological polar surface area (TPSA) is 25.8 Å². The molecule has 2 nitrogen and oxygen atoms in total. The summed E-state index contributed by atoms with van der Waals surface area (Å²) >= 11 is 0. The van der Waals surface area contributed by atoms with E-state index in [0.717, 1.165) is 18.7 Å². The summed E-state index contributed by atoms with van der Waals surface area (Å²) in [7, 11) is 0. The molecule has 0 aromatic carbocycles. The predicted molar refractivity (Wildman–Crippen MR) is 30.7 cm³/mol. The smallest absolute Gasteiger partial charge is 0.445 e. The van der Waals surface area contributed by atoms with Crippen molar-refractivity contribution in [1.82, 2.24) is 9.97 Å². The monoisotopic (exact) mass is 186 g/mol. The zero-order valence-electron chi connectivity index (χ0n) is 5.84. The Morgan fingerprint density at radius 1 is 1.09 bits per heavy atom. The van der Waals surface area contributed by atoms with Crippen LogP contribution in [0.15, 0.2) is 18.7 Å². The molecule has 1 aromatic heterocycles. The summed E-state index contributed by atoms with van der Waals surface area (Å²) in [6, 6.07) is 0. The first-order valence-electron chi connectivity index (χ1n) is 2.55. The number of hydrogen-bond donors (Lipinski definition) is 0. The molecular weight excluding hydrogens is 183 g/mol. The molecule has 0 radical (unpaired) electrons. The number of hydrogen-bond acceptors (Lipinski definition) is 2. The second kappa shape index (κ2) is 4.56. The van der Waals surface area contributed by atoms with Gasteiger partial charge >= 0.3 is 58.4 Å². The van der Waals surface area contributed by atoms with Crippen molar-refractivity contribution in [1.29, 1.82) is 0 Å². The molecule has 0 bridgehead atoms. The van der Waals surface area contributed by atoms with Gasteiger partial charge in [-0.1, -0.05) is 5.46 Å². The Kier molecular flexibility index (Phi) is 4.80. The molecule has 1 heterocycles. The van der Waals surface area contributed by atoms with Crippen molar-refractivity contribution in [2.45, 2.75) is 0 Å². The van der Waals surface area contributed by atoms with Gasteiger partial charge in [0.2, 0.25) is 0 Å². The van der Waals surface area contributed by atoms with Gasteiger partial charge in [0.05, 0.1) is 0 Å². The summed E-state index contributed by atoms with van der Waals surface area (Å²) < 4.78 is 35.3. The maximum atomic E-state index is 11.8. The Bertz CT molecular complexity index is 214. The Balaban J connectivity index is 0.000001000. The van der Waals surface area contributed by atoms with Crippen LogP contribution < -0.4 is 56.8 Å². The van der Waals surface area contributed by atoms with Gasteiger partial charge in [0.25, 0.3) is 0 Å². The van der Waals surface area contributed by atoms with Crippen LogP contribution >= 0.6 is 0 Å². The van der Waals surface area contributed by atoms with Gasteiger partial charge in [-0.15, -0.1) is 0 Å². The van der Waals surface area contributed by atoms with Crippen LogP contribution in [0.3, 0.4) is 0 Å². The largest absolute Gasteiger partial charge is 1.00 e. The number of nitrogens with zero attached hydrogens (tertiary/aromatic N) is 2. The van der Waals surface area contributed by atoms with Crippen LogP contribution in [-0.4, -0.2) is 16.9 Å². The first-order valence-corrected chi connectivity index (χ1v) is 2.55. The fourth-order valence-electron chi connectivity index (χ4n) is 0.480.